The largest absolute Gasteiger partial charge is 0.493 e. The number of para-hydroxylation sites is 1. The lowest BCUT2D eigenvalue weighted by Crippen LogP contribution is -2.60. The first kappa shape index (κ1) is 42.2. The number of hydrogen-bond donors (Lipinski definition) is 2. The molecule has 1 unspecified atom stereocenters. The zero-order valence-electron chi connectivity index (χ0n) is 33.8. The molecule has 1 aromatic heterocycles. The highest BCUT2D eigenvalue weighted by Gasteiger charge is 2.52. The highest BCUT2D eigenvalue weighted by molar-refractivity contribution is 6.00. The number of aliphatic hydroxyl groups excluding tert-OH is 1. The van der Waals surface area contributed by atoms with E-state index in [0.29, 0.717) is 25.9 Å². The molecule has 5 heterocycles. The molecule has 0 spiro atoms. The van der Waals surface area contributed by atoms with Gasteiger partial charge in [0.2, 0.25) is 0 Å². The van der Waals surface area contributed by atoms with E-state index in [1.807, 2.05) is 77.2 Å². The summed E-state index contributed by atoms with van der Waals surface area (Å²) in [5.74, 6) is -3.23. The second kappa shape index (κ2) is 17.4. The minimum absolute atomic E-state index is 0.0404. The fraction of sp³-hybridized carbons (Fsp3) is 0.690. The van der Waals surface area contributed by atoms with Crippen LogP contribution >= 0.6 is 0 Å². The third-order valence-corrected chi connectivity index (χ3v) is 11.9. The fourth-order valence-electron chi connectivity index (χ4n) is 8.87. The molecule has 1 aromatic carbocycles. The number of fused-ring (bicyclic) bond motifs is 15. The fourth-order valence-corrected chi connectivity index (χ4v) is 8.87. The first-order valence-corrected chi connectivity index (χ1v) is 19.6. The summed E-state index contributed by atoms with van der Waals surface area (Å²) in [6, 6.07) is 9.49. The lowest BCUT2D eigenvalue weighted by atomic mass is 9.78. The number of ether oxygens (including phenoxy) is 5. The van der Waals surface area contributed by atoms with Gasteiger partial charge in [0.25, 0.3) is 0 Å². The topological polar surface area (TPSA) is 140 Å². The molecule has 4 aliphatic heterocycles. The molecule has 0 radical (unpaired) electrons. The van der Waals surface area contributed by atoms with Crippen molar-refractivity contribution in [3.8, 4) is 0 Å². The highest BCUT2D eigenvalue weighted by atomic mass is 16.7. The number of benzene rings is 1. The Morgan fingerprint density at radius 1 is 1.09 bits per heavy atom. The molecule has 12 nitrogen and oxygen atoms in total. The second-order valence-electron chi connectivity index (χ2n) is 16.7. The normalized spacial score (nSPS) is 39.8. The van der Waals surface area contributed by atoms with Crippen LogP contribution in [0.1, 0.15) is 80.2 Å². The number of ketones is 1. The van der Waals surface area contributed by atoms with Crippen molar-refractivity contribution in [1.82, 2.24) is 14.8 Å². The van der Waals surface area contributed by atoms with E-state index in [1.165, 1.54) is 13.2 Å². The monoisotopic (exact) mass is 753 g/mol. The number of carbonyl (C=O) groups is 2. The number of aliphatic hydroxyl groups is 2. The van der Waals surface area contributed by atoms with Gasteiger partial charge in [-0.3, -0.25) is 19.5 Å². The van der Waals surface area contributed by atoms with Gasteiger partial charge in [-0.15, -0.1) is 0 Å². The van der Waals surface area contributed by atoms with Gasteiger partial charge in [-0.2, -0.15) is 0 Å². The van der Waals surface area contributed by atoms with Crippen LogP contribution in [0.15, 0.2) is 48.9 Å². The number of nitrogens with zero attached hydrogens (tertiary/aromatic N) is 3. The number of pyridine rings is 1. The van der Waals surface area contributed by atoms with Crippen molar-refractivity contribution in [1.29, 1.82) is 0 Å². The van der Waals surface area contributed by atoms with Crippen LogP contribution in [0.4, 0.5) is 0 Å². The number of hydrogen-bond acceptors (Lipinski definition) is 12. The van der Waals surface area contributed by atoms with Gasteiger partial charge < -0.3 is 38.8 Å². The Morgan fingerprint density at radius 3 is 2.52 bits per heavy atom. The molecule has 54 heavy (non-hydrogen) atoms. The standard InChI is InChI=1S/C42H63N3O9/c1-11-34-42(8,49)38-29(6)45(24-30-20-31-15-12-13-16-32(31)43-22-30)23-25(2)21-41(7,51-18-14-17-50-38)37(27(4)35(46)28(5)39(48)53-34)54-40-36(47)33(44(9)10)19-26(3)52-40/h12-17,20,22,25-29,33-34,36-38,40,47,49H,11,18-19,21,23-24H2,1-10H3/b17-14+/t25-,26-,27+,28?,29-,33+,34-,36-,37-,38-,40+,41-,42-/m1/s1. The molecule has 0 saturated carbocycles. The molecule has 13 atom stereocenters. The first-order chi connectivity index (χ1) is 25.5. The Labute approximate surface area is 321 Å². The van der Waals surface area contributed by atoms with E-state index in [1.54, 1.807) is 19.9 Å². The van der Waals surface area contributed by atoms with Crippen LogP contribution in [0.5, 0.6) is 0 Å². The number of rotatable bonds is 6. The number of Topliss-reactive ketones (excluding diaryl/α,β-unsaturated/α-hetero) is 1. The average molecular weight is 754 g/mol. The van der Waals surface area contributed by atoms with E-state index >= 15 is 0 Å². The van der Waals surface area contributed by atoms with Crippen molar-refractivity contribution in [2.75, 3.05) is 27.2 Å². The van der Waals surface area contributed by atoms with Gasteiger partial charge in [0, 0.05) is 42.7 Å². The van der Waals surface area contributed by atoms with Gasteiger partial charge in [0.15, 0.2) is 12.1 Å². The minimum Gasteiger partial charge on any atom is -0.493 e. The van der Waals surface area contributed by atoms with Crippen molar-refractivity contribution in [2.45, 2.75) is 141 Å². The van der Waals surface area contributed by atoms with E-state index in [4.69, 9.17) is 28.7 Å². The Hall–Kier alpha value is -2.97. The summed E-state index contributed by atoms with van der Waals surface area (Å²) in [6.45, 7) is 15.9. The van der Waals surface area contributed by atoms with Crippen molar-refractivity contribution >= 4 is 22.7 Å². The Balaban J connectivity index is 1.63. The van der Waals surface area contributed by atoms with Gasteiger partial charge in [-0.05, 0) is 97.7 Å². The molecule has 2 aromatic rings. The summed E-state index contributed by atoms with van der Waals surface area (Å²) in [5.41, 5.74) is -0.869. The molecule has 12 heteroatoms. The predicted octanol–water partition coefficient (Wildman–Crippen LogP) is 4.88. The van der Waals surface area contributed by atoms with Gasteiger partial charge in [-0.1, -0.05) is 39.0 Å². The van der Waals surface area contributed by atoms with Crippen LogP contribution in [0, 0.1) is 17.8 Å². The molecule has 300 valence electrons. The van der Waals surface area contributed by atoms with Crippen molar-refractivity contribution < 1.29 is 43.5 Å². The van der Waals surface area contributed by atoms with E-state index in [9.17, 15) is 19.8 Å². The summed E-state index contributed by atoms with van der Waals surface area (Å²) >= 11 is 0. The summed E-state index contributed by atoms with van der Waals surface area (Å²) in [7, 11) is 3.82. The predicted molar refractivity (Wildman–Crippen MR) is 205 cm³/mol. The summed E-state index contributed by atoms with van der Waals surface area (Å²) in [4.78, 5) is 37.2. The third kappa shape index (κ3) is 9.18. The second-order valence-corrected chi connectivity index (χ2v) is 16.7. The highest BCUT2D eigenvalue weighted by Crippen LogP contribution is 2.38. The number of esters is 1. The van der Waals surface area contributed by atoms with Crippen molar-refractivity contribution in [3.63, 3.8) is 0 Å². The smallest absolute Gasteiger partial charge is 0.316 e. The first-order valence-electron chi connectivity index (χ1n) is 19.6. The van der Waals surface area contributed by atoms with Crippen LogP contribution in [-0.4, -0.2) is 124 Å². The van der Waals surface area contributed by atoms with Crippen LogP contribution in [0.3, 0.4) is 0 Å². The zero-order chi connectivity index (χ0) is 39.5. The number of aromatic nitrogens is 1. The van der Waals surface area contributed by atoms with Crippen LogP contribution in [0.2, 0.25) is 0 Å². The zero-order valence-corrected chi connectivity index (χ0v) is 33.8. The van der Waals surface area contributed by atoms with E-state index in [2.05, 4.69) is 17.9 Å². The SMILES string of the molecule is CC[C@H]1OC(=O)C(C)C(=O)[C@H](C)[C@@H](O[C@@H]2O[C@H](C)C[C@H](N(C)C)[C@H]2O)[C@@]2(C)C[C@@H](C)CN(Cc3cnc4ccccc4c3)[C@H](C)[C@@H](O/C=C/CO2)[C@]1(C)O. The Bertz CT molecular complexity index is 1620. The molecular weight excluding hydrogens is 690 g/mol. The molecule has 2 bridgehead atoms. The molecular formula is C42H63N3O9. The third-order valence-electron chi connectivity index (χ3n) is 11.9. The lowest BCUT2D eigenvalue weighted by Gasteiger charge is -2.47. The van der Waals surface area contributed by atoms with Crippen molar-refractivity contribution in [3.05, 3.63) is 54.4 Å². The van der Waals surface area contributed by atoms with E-state index < -0.39 is 65.5 Å². The maximum Gasteiger partial charge on any atom is 0.316 e. The molecule has 2 N–H and O–H groups in total. The number of carbonyl (C=O) groups excluding carboxylic acids is 2. The van der Waals surface area contributed by atoms with Crippen LogP contribution in [0.25, 0.3) is 10.9 Å². The van der Waals surface area contributed by atoms with Crippen LogP contribution in [-0.2, 0) is 39.8 Å². The minimum atomic E-state index is -1.66. The maximum absolute atomic E-state index is 14.4. The molecule has 0 amide bonds. The van der Waals surface area contributed by atoms with Gasteiger partial charge in [0.05, 0.1) is 36.2 Å². The molecule has 6 rings (SSSR count). The van der Waals surface area contributed by atoms with E-state index in [0.717, 1.165) is 16.5 Å². The van der Waals surface area contributed by atoms with Gasteiger partial charge in [-0.25, -0.2) is 0 Å². The van der Waals surface area contributed by atoms with Gasteiger partial charge >= 0.3 is 5.97 Å². The average Bonchev–Trinajstić information content (AvgIpc) is 3.12. The Kier molecular flexibility index (Phi) is 13.6. The molecule has 4 aliphatic rings. The quantitative estimate of drug-likeness (QED) is 0.307. The maximum atomic E-state index is 14.4. The molecule has 0 aliphatic carbocycles. The summed E-state index contributed by atoms with van der Waals surface area (Å²) in [6.07, 6.45) is 1.45. The van der Waals surface area contributed by atoms with Crippen LogP contribution < -0.4 is 0 Å². The Morgan fingerprint density at radius 2 is 1.81 bits per heavy atom. The molecule has 2 fully saturated rings. The lowest BCUT2D eigenvalue weighted by molar-refractivity contribution is -0.297. The number of likely N-dealkylation sites (N-methyl/N-ethyl adjacent to an activating group) is 1. The van der Waals surface area contributed by atoms with Gasteiger partial charge in [0.1, 0.15) is 29.8 Å². The molecule has 2 saturated heterocycles. The summed E-state index contributed by atoms with van der Waals surface area (Å²) in [5, 5.41) is 25.0. The van der Waals surface area contributed by atoms with Crippen molar-refractivity contribution in [2.24, 2.45) is 17.8 Å². The summed E-state index contributed by atoms with van der Waals surface area (Å²) < 4.78 is 32.3. The van der Waals surface area contributed by atoms with E-state index in [-0.39, 0.29) is 37.1 Å².